The quantitative estimate of drug-likeness (QED) is 0.491. The van der Waals surface area contributed by atoms with E-state index in [2.05, 4.69) is 20.7 Å². The number of aromatic nitrogens is 3. The Hall–Kier alpha value is -3.06. The number of amides is 1. The van der Waals surface area contributed by atoms with Crippen molar-refractivity contribution in [1.29, 1.82) is 0 Å². The zero-order valence-electron chi connectivity index (χ0n) is 14.9. The SMILES string of the molecule is Cc1noc(C)c1CSc1ccccc1C(=O)Nc1ccc2[nH]ncc2c1. The number of aryl methyl sites for hydroxylation is 2. The molecule has 0 saturated heterocycles. The summed E-state index contributed by atoms with van der Waals surface area (Å²) in [7, 11) is 0. The van der Waals surface area contributed by atoms with E-state index in [0.29, 0.717) is 11.3 Å². The summed E-state index contributed by atoms with van der Waals surface area (Å²) in [6.45, 7) is 3.83. The van der Waals surface area contributed by atoms with Crippen molar-refractivity contribution in [2.45, 2.75) is 24.5 Å². The fraction of sp³-hybridized carbons (Fsp3) is 0.150. The minimum atomic E-state index is -0.139. The van der Waals surface area contributed by atoms with E-state index in [1.54, 1.807) is 18.0 Å². The Morgan fingerprint density at radius 1 is 1.22 bits per heavy atom. The molecule has 0 spiro atoms. The number of carbonyl (C=O) groups excluding carboxylic acids is 1. The largest absolute Gasteiger partial charge is 0.361 e. The second kappa shape index (κ2) is 7.28. The van der Waals surface area contributed by atoms with Crippen LogP contribution in [0.15, 0.2) is 58.1 Å². The first-order valence-corrected chi connectivity index (χ1v) is 9.48. The number of H-pyrrole nitrogens is 1. The third kappa shape index (κ3) is 3.59. The predicted octanol–water partition coefficient (Wildman–Crippen LogP) is 4.71. The van der Waals surface area contributed by atoms with E-state index in [1.807, 2.05) is 56.3 Å². The third-order valence-electron chi connectivity index (χ3n) is 4.38. The first-order chi connectivity index (χ1) is 13.1. The van der Waals surface area contributed by atoms with Crippen molar-refractivity contribution < 1.29 is 9.32 Å². The van der Waals surface area contributed by atoms with Gasteiger partial charge in [-0.15, -0.1) is 11.8 Å². The van der Waals surface area contributed by atoms with E-state index in [9.17, 15) is 4.79 Å². The molecule has 27 heavy (non-hydrogen) atoms. The maximum Gasteiger partial charge on any atom is 0.256 e. The van der Waals surface area contributed by atoms with Crippen LogP contribution in [0.25, 0.3) is 10.9 Å². The van der Waals surface area contributed by atoms with E-state index < -0.39 is 0 Å². The highest BCUT2D eigenvalue weighted by Crippen LogP contribution is 2.29. The summed E-state index contributed by atoms with van der Waals surface area (Å²) in [6.07, 6.45) is 1.73. The molecule has 0 radical (unpaired) electrons. The van der Waals surface area contributed by atoms with Crippen molar-refractivity contribution in [3.05, 3.63) is 71.2 Å². The van der Waals surface area contributed by atoms with Crippen molar-refractivity contribution in [3.8, 4) is 0 Å². The molecule has 0 aliphatic carbocycles. The minimum Gasteiger partial charge on any atom is -0.361 e. The number of rotatable bonds is 5. The first-order valence-electron chi connectivity index (χ1n) is 8.50. The van der Waals surface area contributed by atoms with E-state index >= 15 is 0 Å². The molecule has 0 atom stereocenters. The van der Waals surface area contributed by atoms with Crippen molar-refractivity contribution in [3.63, 3.8) is 0 Å². The van der Waals surface area contributed by atoms with Gasteiger partial charge in [0.25, 0.3) is 5.91 Å². The van der Waals surface area contributed by atoms with Crippen LogP contribution in [0.5, 0.6) is 0 Å². The maximum absolute atomic E-state index is 12.8. The van der Waals surface area contributed by atoms with Gasteiger partial charge in [0.15, 0.2) is 0 Å². The number of hydrogen-bond acceptors (Lipinski definition) is 5. The van der Waals surface area contributed by atoms with Crippen molar-refractivity contribution in [2.24, 2.45) is 0 Å². The Labute approximate surface area is 160 Å². The molecule has 4 aromatic rings. The maximum atomic E-state index is 12.8. The highest BCUT2D eigenvalue weighted by molar-refractivity contribution is 7.98. The van der Waals surface area contributed by atoms with E-state index in [4.69, 9.17) is 4.52 Å². The number of nitrogens with one attached hydrogen (secondary N) is 2. The number of thioether (sulfide) groups is 1. The van der Waals surface area contributed by atoms with Gasteiger partial charge in [-0.05, 0) is 44.2 Å². The summed E-state index contributed by atoms with van der Waals surface area (Å²) in [5.41, 5.74) is 4.26. The molecule has 2 heterocycles. The fourth-order valence-electron chi connectivity index (χ4n) is 2.86. The number of nitrogens with zero attached hydrogens (tertiary/aromatic N) is 2. The van der Waals surface area contributed by atoms with Crippen LogP contribution in [0.1, 0.15) is 27.4 Å². The standard InChI is InChI=1S/C20H18N4O2S/c1-12-17(13(2)26-24-12)11-27-19-6-4-3-5-16(19)20(25)22-15-7-8-18-14(9-15)10-21-23-18/h3-10H,11H2,1-2H3,(H,21,23)(H,22,25). The summed E-state index contributed by atoms with van der Waals surface area (Å²) in [4.78, 5) is 13.7. The monoisotopic (exact) mass is 378 g/mol. The molecule has 1 amide bonds. The molecule has 7 heteroatoms. The lowest BCUT2D eigenvalue weighted by atomic mass is 10.2. The molecular weight excluding hydrogens is 360 g/mol. The van der Waals surface area contributed by atoms with Crippen molar-refractivity contribution in [2.75, 3.05) is 5.32 Å². The zero-order chi connectivity index (χ0) is 18.8. The fourth-order valence-corrected chi connectivity index (χ4v) is 4.06. The van der Waals surface area contributed by atoms with E-state index in [-0.39, 0.29) is 5.91 Å². The van der Waals surface area contributed by atoms with Gasteiger partial charge < -0.3 is 9.84 Å². The van der Waals surface area contributed by atoms with Gasteiger partial charge in [-0.2, -0.15) is 5.10 Å². The molecule has 0 saturated carbocycles. The summed E-state index contributed by atoms with van der Waals surface area (Å²) < 4.78 is 5.22. The van der Waals surface area contributed by atoms with Crippen LogP contribution in [0.3, 0.4) is 0 Å². The average Bonchev–Trinajstić information content (AvgIpc) is 3.26. The first kappa shape index (κ1) is 17.4. The van der Waals surface area contributed by atoms with Gasteiger partial charge in [-0.1, -0.05) is 17.3 Å². The molecule has 4 rings (SSSR count). The number of hydrogen-bond donors (Lipinski definition) is 2. The van der Waals surface area contributed by atoms with E-state index in [1.165, 1.54) is 0 Å². The summed E-state index contributed by atoms with van der Waals surface area (Å²) >= 11 is 1.60. The van der Waals surface area contributed by atoms with Gasteiger partial charge in [0.2, 0.25) is 0 Å². The Kier molecular flexibility index (Phi) is 4.68. The number of anilines is 1. The Morgan fingerprint density at radius 2 is 2.07 bits per heavy atom. The molecule has 0 bridgehead atoms. The summed E-state index contributed by atoms with van der Waals surface area (Å²) in [6, 6.07) is 13.3. The molecule has 0 fully saturated rings. The normalized spacial score (nSPS) is 11.0. The predicted molar refractivity (Wildman–Crippen MR) is 106 cm³/mol. The molecule has 0 aliphatic heterocycles. The lowest BCUT2D eigenvalue weighted by Crippen LogP contribution is -2.12. The van der Waals surface area contributed by atoms with Gasteiger partial charge in [0.1, 0.15) is 5.76 Å². The molecule has 0 unspecified atom stereocenters. The molecular formula is C20H18N4O2S. The smallest absolute Gasteiger partial charge is 0.256 e. The van der Waals surface area contributed by atoms with Crippen molar-refractivity contribution in [1.82, 2.24) is 15.4 Å². The molecule has 2 N–H and O–H groups in total. The highest BCUT2D eigenvalue weighted by Gasteiger charge is 2.15. The average molecular weight is 378 g/mol. The number of benzene rings is 2. The van der Waals surface area contributed by atoms with Crippen LogP contribution in [0, 0.1) is 13.8 Å². The summed E-state index contributed by atoms with van der Waals surface area (Å²) in [5, 5.41) is 14.8. The van der Waals surface area contributed by atoms with Crippen LogP contribution in [-0.4, -0.2) is 21.3 Å². The van der Waals surface area contributed by atoms with E-state index in [0.717, 1.165) is 38.5 Å². The lowest BCUT2D eigenvalue weighted by Gasteiger charge is -2.10. The van der Waals surface area contributed by atoms with Gasteiger partial charge in [-0.3, -0.25) is 9.89 Å². The molecule has 2 aromatic heterocycles. The number of aromatic amines is 1. The Balaban J connectivity index is 1.53. The van der Waals surface area contributed by atoms with Crippen LogP contribution in [0.2, 0.25) is 0 Å². The second-order valence-corrected chi connectivity index (χ2v) is 7.23. The summed E-state index contributed by atoms with van der Waals surface area (Å²) in [5.74, 6) is 1.38. The number of carbonyl (C=O) groups is 1. The van der Waals surface area contributed by atoms with Gasteiger partial charge in [0.05, 0.1) is 23.0 Å². The molecule has 136 valence electrons. The van der Waals surface area contributed by atoms with Gasteiger partial charge in [0, 0.05) is 27.3 Å². The Bertz CT molecular complexity index is 1100. The lowest BCUT2D eigenvalue weighted by molar-refractivity contribution is 0.102. The van der Waals surface area contributed by atoms with Crippen LogP contribution in [0.4, 0.5) is 5.69 Å². The topological polar surface area (TPSA) is 83.8 Å². The molecule has 6 nitrogen and oxygen atoms in total. The van der Waals surface area contributed by atoms with Crippen LogP contribution < -0.4 is 5.32 Å². The van der Waals surface area contributed by atoms with Crippen LogP contribution in [-0.2, 0) is 5.75 Å². The third-order valence-corrected chi connectivity index (χ3v) is 5.48. The Morgan fingerprint density at radius 3 is 2.89 bits per heavy atom. The number of fused-ring (bicyclic) bond motifs is 1. The second-order valence-electron chi connectivity index (χ2n) is 6.21. The van der Waals surface area contributed by atoms with Crippen LogP contribution >= 0.6 is 11.8 Å². The van der Waals surface area contributed by atoms with Gasteiger partial charge in [-0.25, -0.2) is 0 Å². The highest BCUT2D eigenvalue weighted by atomic mass is 32.2. The minimum absolute atomic E-state index is 0.139. The van der Waals surface area contributed by atoms with Gasteiger partial charge >= 0.3 is 0 Å². The molecule has 2 aromatic carbocycles. The zero-order valence-corrected chi connectivity index (χ0v) is 15.8. The molecule has 0 aliphatic rings. The van der Waals surface area contributed by atoms with Crippen molar-refractivity contribution >= 4 is 34.3 Å².